The van der Waals surface area contributed by atoms with Gasteiger partial charge in [0.1, 0.15) is 17.3 Å². The number of aromatic nitrogens is 2. The van der Waals surface area contributed by atoms with E-state index in [9.17, 15) is 9.18 Å². The highest BCUT2D eigenvalue weighted by atomic mass is 19.1. The Morgan fingerprint density at radius 2 is 1.74 bits per heavy atom. The molecule has 1 atom stereocenters. The molecular weight excluding hydrogens is 441 g/mol. The number of aliphatic imine (C=N–C) groups is 1. The lowest BCUT2D eigenvalue weighted by Crippen LogP contribution is -2.50. The molecule has 1 amide bonds. The van der Waals surface area contributed by atoms with Crippen LogP contribution >= 0.6 is 0 Å². The van der Waals surface area contributed by atoms with E-state index in [1.807, 2.05) is 68.5 Å². The molecule has 0 N–H and O–H groups in total. The van der Waals surface area contributed by atoms with Crippen LogP contribution < -0.4 is 0 Å². The third kappa shape index (κ3) is 5.01. The lowest BCUT2D eigenvalue weighted by Gasteiger charge is -2.37. The maximum absolute atomic E-state index is 14.6. The smallest absolute Gasteiger partial charge is 0.254 e. The van der Waals surface area contributed by atoms with Crippen molar-refractivity contribution >= 4 is 28.3 Å². The molecule has 1 aliphatic rings. The summed E-state index contributed by atoms with van der Waals surface area (Å²) in [5.74, 6) is 0.475. The number of hydrogen-bond donors (Lipinski definition) is 0. The van der Waals surface area contributed by atoms with E-state index in [0.29, 0.717) is 17.3 Å². The van der Waals surface area contributed by atoms with Gasteiger partial charge in [-0.05, 0) is 70.0 Å². The van der Waals surface area contributed by atoms with Crippen LogP contribution in [-0.2, 0) is 7.05 Å². The van der Waals surface area contributed by atoms with Gasteiger partial charge in [0.05, 0.1) is 17.0 Å². The summed E-state index contributed by atoms with van der Waals surface area (Å²) >= 11 is 0. The second kappa shape index (κ2) is 9.90. The molecule has 0 aliphatic carbocycles. The maximum Gasteiger partial charge on any atom is 0.254 e. The van der Waals surface area contributed by atoms with Crippen molar-refractivity contribution in [2.45, 2.75) is 53.5 Å². The van der Waals surface area contributed by atoms with Crippen LogP contribution in [0.5, 0.6) is 0 Å². The standard InChI is InChI=1S/C28H36FN5O/c1-17(2)33-10-12-34(13-11-33)28(35)22-8-9-24-25(16-22)32(7)27(31-24)20(5)21(6)30-26-19(4)14-18(3)15-23(26)29/h8-9,14-17,20H,10-13H2,1-7H3. The highest BCUT2D eigenvalue weighted by Crippen LogP contribution is 2.28. The molecule has 1 aliphatic heterocycles. The summed E-state index contributed by atoms with van der Waals surface area (Å²) in [6, 6.07) is 9.67. The van der Waals surface area contributed by atoms with Gasteiger partial charge < -0.3 is 9.47 Å². The van der Waals surface area contributed by atoms with Crippen molar-refractivity contribution in [2.24, 2.45) is 12.0 Å². The van der Waals surface area contributed by atoms with Gasteiger partial charge in [0.25, 0.3) is 5.91 Å². The van der Waals surface area contributed by atoms with Crippen molar-refractivity contribution in [2.75, 3.05) is 26.2 Å². The Bertz CT molecular complexity index is 1260. The first-order valence-corrected chi connectivity index (χ1v) is 12.4. The predicted molar refractivity (Wildman–Crippen MR) is 140 cm³/mol. The molecule has 3 aromatic rings. The zero-order chi connectivity index (χ0) is 25.4. The minimum absolute atomic E-state index is 0.0640. The van der Waals surface area contributed by atoms with Crippen molar-refractivity contribution in [1.29, 1.82) is 0 Å². The zero-order valence-electron chi connectivity index (χ0n) is 21.9. The summed E-state index contributed by atoms with van der Waals surface area (Å²) in [4.78, 5) is 27.0. The van der Waals surface area contributed by atoms with Crippen LogP contribution in [-0.4, -0.2) is 63.2 Å². The molecule has 2 heterocycles. The molecule has 7 heteroatoms. The first-order valence-electron chi connectivity index (χ1n) is 12.4. The van der Waals surface area contributed by atoms with Gasteiger partial charge in [-0.25, -0.2) is 9.37 Å². The average Bonchev–Trinajstić information content (AvgIpc) is 3.16. The highest BCUT2D eigenvalue weighted by Gasteiger charge is 2.24. The Kier molecular flexibility index (Phi) is 7.08. The third-order valence-corrected chi connectivity index (χ3v) is 7.19. The minimum Gasteiger partial charge on any atom is -0.336 e. The van der Waals surface area contributed by atoms with E-state index < -0.39 is 0 Å². The van der Waals surface area contributed by atoms with Gasteiger partial charge in [-0.15, -0.1) is 0 Å². The predicted octanol–water partition coefficient (Wildman–Crippen LogP) is 5.39. The van der Waals surface area contributed by atoms with Crippen molar-refractivity contribution in [3.63, 3.8) is 0 Å². The molecule has 0 spiro atoms. The van der Waals surface area contributed by atoms with Crippen LogP contribution in [0.3, 0.4) is 0 Å². The topological polar surface area (TPSA) is 53.7 Å². The molecule has 4 rings (SSSR count). The molecule has 1 aromatic heterocycles. The first kappa shape index (κ1) is 25.0. The van der Waals surface area contributed by atoms with Gasteiger partial charge in [-0.1, -0.05) is 13.0 Å². The molecule has 186 valence electrons. The number of carbonyl (C=O) groups excluding carboxylic acids is 1. The summed E-state index contributed by atoms with van der Waals surface area (Å²) in [7, 11) is 1.96. The van der Waals surface area contributed by atoms with Crippen LogP contribution in [0.15, 0.2) is 35.3 Å². The van der Waals surface area contributed by atoms with Gasteiger partial charge in [0.2, 0.25) is 0 Å². The van der Waals surface area contributed by atoms with E-state index in [0.717, 1.165) is 59.9 Å². The van der Waals surface area contributed by atoms with Gasteiger partial charge in [0, 0.05) is 50.5 Å². The number of hydrogen-bond acceptors (Lipinski definition) is 4. The summed E-state index contributed by atoms with van der Waals surface area (Å²) in [5, 5.41) is 0. The van der Waals surface area contributed by atoms with Crippen LogP contribution in [0.4, 0.5) is 10.1 Å². The van der Waals surface area contributed by atoms with Gasteiger partial charge in [-0.2, -0.15) is 0 Å². The number of imidazole rings is 1. The fourth-order valence-electron chi connectivity index (χ4n) is 4.86. The number of halogens is 1. The first-order chi connectivity index (χ1) is 16.6. The Labute approximate surface area is 207 Å². The molecule has 0 radical (unpaired) electrons. The molecule has 1 fully saturated rings. The Hall–Kier alpha value is -3.06. The molecule has 1 saturated heterocycles. The summed E-state index contributed by atoms with van der Waals surface area (Å²) in [6.45, 7) is 15.4. The van der Waals surface area contributed by atoms with Gasteiger partial charge in [0.15, 0.2) is 0 Å². The van der Waals surface area contributed by atoms with Gasteiger partial charge in [-0.3, -0.25) is 14.7 Å². The van der Waals surface area contributed by atoms with Crippen molar-refractivity contribution < 1.29 is 9.18 Å². The lowest BCUT2D eigenvalue weighted by molar-refractivity contribution is 0.0595. The van der Waals surface area contributed by atoms with E-state index in [1.165, 1.54) is 6.07 Å². The number of aryl methyl sites for hydroxylation is 3. The average molecular weight is 478 g/mol. The highest BCUT2D eigenvalue weighted by molar-refractivity contribution is 5.98. The largest absolute Gasteiger partial charge is 0.336 e. The van der Waals surface area contributed by atoms with Crippen molar-refractivity contribution in [1.82, 2.24) is 19.4 Å². The fourth-order valence-corrected chi connectivity index (χ4v) is 4.86. The Morgan fingerprint density at radius 3 is 2.37 bits per heavy atom. The number of nitrogens with zero attached hydrogens (tertiary/aromatic N) is 5. The second-order valence-electron chi connectivity index (χ2n) is 10.0. The molecule has 1 unspecified atom stereocenters. The van der Waals surface area contributed by atoms with Crippen LogP contribution in [0.25, 0.3) is 11.0 Å². The lowest BCUT2D eigenvalue weighted by atomic mass is 10.1. The number of fused-ring (bicyclic) bond motifs is 1. The van der Waals surface area contributed by atoms with E-state index in [4.69, 9.17) is 4.98 Å². The molecule has 6 nitrogen and oxygen atoms in total. The monoisotopic (exact) mass is 477 g/mol. The fraction of sp³-hybridized carbons (Fsp3) is 0.464. The third-order valence-electron chi connectivity index (χ3n) is 7.19. The molecule has 35 heavy (non-hydrogen) atoms. The van der Waals surface area contributed by atoms with E-state index in [2.05, 4.69) is 23.7 Å². The van der Waals surface area contributed by atoms with Crippen LogP contribution in [0, 0.1) is 19.7 Å². The van der Waals surface area contributed by atoms with E-state index in [1.54, 1.807) is 0 Å². The molecule has 0 bridgehead atoms. The number of piperazine rings is 1. The summed E-state index contributed by atoms with van der Waals surface area (Å²) in [5.41, 5.74) is 5.28. The number of amides is 1. The van der Waals surface area contributed by atoms with Crippen LogP contribution in [0.1, 0.15) is 60.9 Å². The quantitative estimate of drug-likeness (QED) is 0.463. The SMILES string of the molecule is CC(=Nc1c(C)cc(C)cc1F)C(C)c1nc2ccc(C(=O)N3CCN(C(C)C)CC3)cc2n1C. The van der Waals surface area contributed by atoms with E-state index in [-0.39, 0.29) is 17.6 Å². The molecule has 0 saturated carbocycles. The normalized spacial score (nSPS) is 16.4. The minimum atomic E-state index is -0.309. The van der Waals surface area contributed by atoms with Crippen LogP contribution in [0.2, 0.25) is 0 Å². The van der Waals surface area contributed by atoms with Crippen molar-refractivity contribution in [3.05, 3.63) is 58.7 Å². The zero-order valence-corrected chi connectivity index (χ0v) is 21.9. The number of benzene rings is 2. The van der Waals surface area contributed by atoms with E-state index >= 15 is 0 Å². The molecule has 2 aromatic carbocycles. The maximum atomic E-state index is 14.6. The summed E-state index contributed by atoms with van der Waals surface area (Å²) < 4.78 is 16.6. The summed E-state index contributed by atoms with van der Waals surface area (Å²) in [6.07, 6.45) is 0. The number of carbonyl (C=O) groups is 1. The van der Waals surface area contributed by atoms with Crippen molar-refractivity contribution in [3.8, 4) is 0 Å². The second-order valence-corrected chi connectivity index (χ2v) is 10.0. The Morgan fingerprint density at radius 1 is 1.06 bits per heavy atom. The Balaban J connectivity index is 1.59. The number of rotatable bonds is 5. The van der Waals surface area contributed by atoms with Gasteiger partial charge >= 0.3 is 0 Å². The molecular formula is C28H36FN5O.